The minimum absolute atomic E-state index is 0. The average Bonchev–Trinajstić information content (AvgIpc) is 2.92. The summed E-state index contributed by atoms with van der Waals surface area (Å²) in [5.74, 6) is 2.21. The predicted octanol–water partition coefficient (Wildman–Crippen LogP) is 3.02. The van der Waals surface area contributed by atoms with E-state index in [1.807, 2.05) is 0 Å². The Bertz CT molecular complexity index is 126. The summed E-state index contributed by atoms with van der Waals surface area (Å²) >= 11 is 0. The van der Waals surface area contributed by atoms with Crippen LogP contribution in [-0.2, 0) is 0 Å². The van der Waals surface area contributed by atoms with Gasteiger partial charge in [-0.05, 0) is 76.0 Å². The van der Waals surface area contributed by atoms with Crippen LogP contribution in [0.3, 0.4) is 0 Å². The lowest BCUT2D eigenvalue weighted by molar-refractivity contribution is 0.852. The summed E-state index contributed by atoms with van der Waals surface area (Å²) in [4.78, 5) is 0. The van der Waals surface area contributed by atoms with Gasteiger partial charge in [0.2, 0.25) is 0 Å². The van der Waals surface area contributed by atoms with Crippen molar-refractivity contribution in [3.05, 3.63) is 63.2 Å². The molecular formula is C16H14Mg. The number of rotatable bonds is 4. The fourth-order valence-electron chi connectivity index (χ4n) is 1.24. The molecule has 0 aromatic rings. The summed E-state index contributed by atoms with van der Waals surface area (Å²) in [5.41, 5.74) is 0. The molecule has 0 amide bonds. The first-order valence-corrected chi connectivity index (χ1v) is 5.62. The second-order valence-electron chi connectivity index (χ2n) is 3.46. The fourth-order valence-corrected chi connectivity index (χ4v) is 1.24. The molecule has 2 rings (SSSR count). The first kappa shape index (κ1) is 17.8. The Morgan fingerprint density at radius 1 is 0.647 bits per heavy atom. The maximum Gasteiger partial charge on any atom is 0 e. The molecule has 80 valence electrons. The van der Waals surface area contributed by atoms with E-state index in [0.29, 0.717) is 0 Å². The van der Waals surface area contributed by atoms with Crippen LogP contribution in [0.25, 0.3) is 0 Å². The number of hydrogen-bond acceptors (Lipinski definition) is 0. The van der Waals surface area contributed by atoms with Gasteiger partial charge in [0, 0.05) is 23.1 Å². The van der Waals surface area contributed by atoms with E-state index in [9.17, 15) is 0 Å². The Balaban J connectivity index is 0.000000284. The van der Waals surface area contributed by atoms with Crippen LogP contribution in [-0.4, -0.2) is 23.1 Å². The molecule has 2 aliphatic carbocycles. The van der Waals surface area contributed by atoms with E-state index in [4.69, 9.17) is 0 Å². The van der Waals surface area contributed by atoms with Gasteiger partial charge in [0.05, 0.1) is 0 Å². The second kappa shape index (κ2) is 11.8. The summed E-state index contributed by atoms with van der Waals surface area (Å²) in [7, 11) is 0. The summed E-state index contributed by atoms with van der Waals surface area (Å²) in [6, 6.07) is 0. The van der Waals surface area contributed by atoms with E-state index in [1.54, 1.807) is 0 Å². The molecule has 0 spiro atoms. The molecule has 0 atom stereocenters. The Hall–Kier alpha value is 0.766. The normalized spacial score (nSPS) is 20.8. The molecule has 2 saturated carbocycles. The fraction of sp³-hybridized carbons (Fsp3) is 0.375. The van der Waals surface area contributed by atoms with Crippen LogP contribution in [0.5, 0.6) is 0 Å². The molecule has 0 unspecified atom stereocenters. The van der Waals surface area contributed by atoms with Crippen molar-refractivity contribution in [2.24, 2.45) is 0 Å². The van der Waals surface area contributed by atoms with Gasteiger partial charge in [-0.3, -0.25) is 0 Å². The van der Waals surface area contributed by atoms with Crippen molar-refractivity contribution >= 4 is 23.1 Å². The third-order valence-corrected chi connectivity index (χ3v) is 1.98. The highest BCUT2D eigenvalue weighted by molar-refractivity contribution is 5.75. The van der Waals surface area contributed by atoms with Crippen LogP contribution in [0.2, 0.25) is 0 Å². The maximum atomic E-state index is 2.90. The van der Waals surface area contributed by atoms with E-state index in [1.165, 1.54) is 0 Å². The predicted molar refractivity (Wildman–Crippen MR) is 68.0 cm³/mol. The van der Waals surface area contributed by atoms with Crippen molar-refractivity contribution in [3.8, 4) is 0 Å². The maximum absolute atomic E-state index is 2.90. The highest BCUT2D eigenvalue weighted by atomic mass is 24.3. The topological polar surface area (TPSA) is 0 Å². The lowest BCUT2D eigenvalue weighted by atomic mass is 10.0. The molecule has 20 radical (unpaired) electrons. The lowest BCUT2D eigenvalue weighted by Gasteiger charge is -2.00. The van der Waals surface area contributed by atoms with Gasteiger partial charge in [-0.2, -0.15) is 0 Å². The van der Waals surface area contributed by atoms with Gasteiger partial charge < -0.3 is 0 Å². The molecule has 2 fully saturated rings. The molecule has 0 nitrogen and oxygen atoms in total. The molecule has 0 bridgehead atoms. The van der Waals surface area contributed by atoms with Crippen LogP contribution < -0.4 is 0 Å². The van der Waals surface area contributed by atoms with Gasteiger partial charge in [0.15, 0.2) is 0 Å². The summed E-state index contributed by atoms with van der Waals surface area (Å²) in [6.07, 6.45) is 26.9. The van der Waals surface area contributed by atoms with E-state index < -0.39 is 0 Å². The molecular weight excluding hydrogens is 216 g/mol. The Morgan fingerprint density at radius 2 is 0.941 bits per heavy atom. The molecule has 0 aromatic carbocycles. The SMILES string of the molecule is CCC[C]1[C][C][C][C]1.CCC[C]1[C][C][C][C]1.[Mg]. The minimum atomic E-state index is 0. The molecule has 2 aliphatic rings. The molecule has 0 N–H and O–H groups in total. The van der Waals surface area contributed by atoms with Crippen molar-refractivity contribution in [2.45, 2.75) is 39.5 Å². The third-order valence-electron chi connectivity index (χ3n) is 1.98. The molecule has 17 heavy (non-hydrogen) atoms. The molecule has 1 heteroatoms. The monoisotopic (exact) mass is 230 g/mol. The molecule has 0 heterocycles. The molecule has 0 saturated heterocycles. The molecule has 0 aliphatic heterocycles. The Kier molecular flexibility index (Phi) is 12.4. The van der Waals surface area contributed by atoms with Gasteiger partial charge in [-0.15, -0.1) is 0 Å². The second-order valence-corrected chi connectivity index (χ2v) is 3.46. The third kappa shape index (κ3) is 8.48. The van der Waals surface area contributed by atoms with Gasteiger partial charge in [0.25, 0.3) is 0 Å². The van der Waals surface area contributed by atoms with Crippen LogP contribution in [0.4, 0.5) is 0 Å². The number of hydrogen-bond donors (Lipinski definition) is 0. The quantitative estimate of drug-likeness (QED) is 0.652. The average molecular weight is 231 g/mol. The smallest absolute Gasteiger partial charge is 0 e. The van der Waals surface area contributed by atoms with Gasteiger partial charge in [0.1, 0.15) is 0 Å². The van der Waals surface area contributed by atoms with E-state index >= 15 is 0 Å². The lowest BCUT2D eigenvalue weighted by Crippen LogP contribution is -1.88. The highest BCUT2D eigenvalue weighted by Crippen LogP contribution is 2.27. The van der Waals surface area contributed by atoms with Crippen LogP contribution in [0.15, 0.2) is 0 Å². The van der Waals surface area contributed by atoms with E-state index in [-0.39, 0.29) is 23.1 Å². The summed E-state index contributed by atoms with van der Waals surface area (Å²) in [6.45, 7) is 4.27. The van der Waals surface area contributed by atoms with Gasteiger partial charge >= 0.3 is 0 Å². The first-order valence-electron chi connectivity index (χ1n) is 5.62. The van der Waals surface area contributed by atoms with Gasteiger partial charge in [-0.25, -0.2) is 0 Å². The Morgan fingerprint density at radius 3 is 1.18 bits per heavy atom. The van der Waals surface area contributed by atoms with Crippen LogP contribution in [0.1, 0.15) is 39.5 Å². The van der Waals surface area contributed by atoms with E-state index in [2.05, 4.69) is 65.2 Å². The minimum Gasteiger partial charge on any atom is -0.0654 e. The Labute approximate surface area is 125 Å². The zero-order valence-electron chi connectivity index (χ0n) is 10.5. The standard InChI is InChI=1S/2C8H7.Mg/c2*1-2-5-8-6-3-4-7-8;/h2*2,5H2,1H3;. The first-order chi connectivity index (χ1) is 7.86. The van der Waals surface area contributed by atoms with Crippen molar-refractivity contribution in [1.82, 2.24) is 0 Å². The molecule has 0 aromatic heterocycles. The summed E-state index contributed by atoms with van der Waals surface area (Å²) in [5, 5.41) is 0. The van der Waals surface area contributed by atoms with Crippen molar-refractivity contribution in [2.75, 3.05) is 0 Å². The van der Waals surface area contributed by atoms with Gasteiger partial charge in [-0.1, -0.05) is 26.7 Å². The largest absolute Gasteiger partial charge is 0.0654 e. The highest BCUT2D eigenvalue weighted by Gasteiger charge is 2.17. The zero-order valence-corrected chi connectivity index (χ0v) is 11.9. The zero-order chi connectivity index (χ0) is 11.6. The van der Waals surface area contributed by atoms with Crippen molar-refractivity contribution in [3.63, 3.8) is 0 Å². The van der Waals surface area contributed by atoms with E-state index in [0.717, 1.165) is 37.5 Å². The van der Waals surface area contributed by atoms with Crippen molar-refractivity contribution in [1.29, 1.82) is 0 Å². The van der Waals surface area contributed by atoms with Crippen molar-refractivity contribution < 1.29 is 0 Å². The van der Waals surface area contributed by atoms with Crippen LogP contribution in [0, 0.1) is 63.2 Å². The van der Waals surface area contributed by atoms with Crippen LogP contribution >= 0.6 is 0 Å². The summed E-state index contributed by atoms with van der Waals surface area (Å²) < 4.78 is 0.